The van der Waals surface area contributed by atoms with E-state index in [4.69, 9.17) is 5.73 Å². The molecule has 2 unspecified atom stereocenters. The van der Waals surface area contributed by atoms with E-state index in [9.17, 15) is 9.59 Å². The molecular weight excluding hydrogens is 326 g/mol. The molecule has 0 aliphatic carbocycles. The molecule has 0 aromatic heterocycles. The van der Waals surface area contributed by atoms with Crippen molar-refractivity contribution >= 4 is 24.2 Å². The van der Waals surface area contributed by atoms with Gasteiger partial charge in [-0.2, -0.15) is 0 Å². The Kier molecular flexibility index (Phi) is 7.24. The molecule has 0 saturated carbocycles. The van der Waals surface area contributed by atoms with Crippen LogP contribution in [0.2, 0.25) is 0 Å². The summed E-state index contributed by atoms with van der Waals surface area (Å²) >= 11 is 0. The van der Waals surface area contributed by atoms with E-state index >= 15 is 0 Å². The minimum Gasteiger partial charge on any atom is -0.340 e. The third kappa shape index (κ3) is 4.71. The van der Waals surface area contributed by atoms with Gasteiger partial charge in [0.2, 0.25) is 5.91 Å². The van der Waals surface area contributed by atoms with Crippen molar-refractivity contribution in [3.05, 3.63) is 35.9 Å². The number of rotatable bonds is 5. The van der Waals surface area contributed by atoms with Gasteiger partial charge in [0.25, 0.3) is 5.91 Å². The first-order chi connectivity index (χ1) is 10.9. The number of nitrogens with two attached hydrogens (primary N) is 1. The zero-order valence-corrected chi connectivity index (χ0v) is 15.4. The van der Waals surface area contributed by atoms with E-state index in [0.29, 0.717) is 25.2 Å². The molecule has 5 nitrogen and oxygen atoms in total. The summed E-state index contributed by atoms with van der Waals surface area (Å²) in [5, 5.41) is 2.89. The van der Waals surface area contributed by atoms with Gasteiger partial charge >= 0.3 is 0 Å². The molecule has 6 heteroatoms. The predicted octanol–water partition coefficient (Wildman–Crippen LogP) is 2.06. The van der Waals surface area contributed by atoms with Crippen molar-refractivity contribution in [2.45, 2.75) is 33.2 Å². The third-order valence-electron chi connectivity index (χ3n) is 4.62. The Hall–Kier alpha value is -1.59. The SMILES string of the molecule is CC(C)C(NC(=O)c1ccccc1)C(=O)N1CCC(C)(CN)C1.Cl. The summed E-state index contributed by atoms with van der Waals surface area (Å²) in [6, 6.07) is 8.47. The van der Waals surface area contributed by atoms with Crippen LogP contribution >= 0.6 is 12.4 Å². The summed E-state index contributed by atoms with van der Waals surface area (Å²) in [6.07, 6.45) is 0.909. The van der Waals surface area contributed by atoms with Gasteiger partial charge in [0.15, 0.2) is 0 Å². The highest BCUT2D eigenvalue weighted by Crippen LogP contribution is 2.29. The predicted molar refractivity (Wildman–Crippen MR) is 98.1 cm³/mol. The number of likely N-dealkylation sites (tertiary alicyclic amines) is 1. The number of benzene rings is 1. The van der Waals surface area contributed by atoms with Crippen LogP contribution < -0.4 is 11.1 Å². The number of hydrogen-bond donors (Lipinski definition) is 2. The first kappa shape index (κ1) is 20.5. The lowest BCUT2D eigenvalue weighted by Crippen LogP contribution is -2.51. The summed E-state index contributed by atoms with van der Waals surface area (Å²) < 4.78 is 0. The fourth-order valence-corrected chi connectivity index (χ4v) is 2.90. The topological polar surface area (TPSA) is 75.4 Å². The van der Waals surface area contributed by atoms with Gasteiger partial charge < -0.3 is 16.0 Å². The number of carbonyl (C=O) groups is 2. The largest absolute Gasteiger partial charge is 0.340 e. The summed E-state index contributed by atoms with van der Waals surface area (Å²) in [7, 11) is 0. The number of nitrogens with one attached hydrogen (secondary N) is 1. The van der Waals surface area contributed by atoms with Gasteiger partial charge in [-0.15, -0.1) is 12.4 Å². The van der Waals surface area contributed by atoms with Crippen molar-refractivity contribution in [2.75, 3.05) is 19.6 Å². The molecule has 2 amide bonds. The Morgan fingerprint density at radius 2 is 1.92 bits per heavy atom. The van der Waals surface area contributed by atoms with Crippen LogP contribution in [0.15, 0.2) is 30.3 Å². The maximum absolute atomic E-state index is 12.8. The first-order valence-electron chi connectivity index (χ1n) is 8.21. The molecule has 24 heavy (non-hydrogen) atoms. The van der Waals surface area contributed by atoms with Gasteiger partial charge in [-0.25, -0.2) is 0 Å². The molecule has 134 valence electrons. The maximum Gasteiger partial charge on any atom is 0.251 e. The second-order valence-electron chi connectivity index (χ2n) is 7.09. The number of amides is 2. The van der Waals surface area contributed by atoms with Crippen LogP contribution in [-0.4, -0.2) is 42.4 Å². The van der Waals surface area contributed by atoms with Crippen molar-refractivity contribution in [2.24, 2.45) is 17.1 Å². The van der Waals surface area contributed by atoms with Crippen molar-refractivity contribution in [1.82, 2.24) is 10.2 Å². The molecule has 1 saturated heterocycles. The van der Waals surface area contributed by atoms with E-state index in [1.165, 1.54) is 0 Å². The van der Waals surface area contributed by atoms with Crippen LogP contribution in [0.3, 0.4) is 0 Å². The molecule has 2 atom stereocenters. The Morgan fingerprint density at radius 3 is 2.42 bits per heavy atom. The molecule has 0 spiro atoms. The molecule has 2 rings (SSSR count). The Bertz CT molecular complexity index is 565. The van der Waals surface area contributed by atoms with Crippen LogP contribution in [0.5, 0.6) is 0 Å². The molecule has 1 aliphatic heterocycles. The lowest BCUT2D eigenvalue weighted by Gasteiger charge is -2.28. The maximum atomic E-state index is 12.8. The van der Waals surface area contributed by atoms with Gasteiger partial charge in [0.1, 0.15) is 6.04 Å². The Balaban J connectivity index is 0.00000288. The van der Waals surface area contributed by atoms with Crippen LogP contribution in [0.4, 0.5) is 0 Å². The lowest BCUT2D eigenvalue weighted by molar-refractivity contribution is -0.133. The van der Waals surface area contributed by atoms with E-state index in [0.717, 1.165) is 6.42 Å². The molecule has 1 aromatic carbocycles. The van der Waals surface area contributed by atoms with Gasteiger partial charge in [0, 0.05) is 18.7 Å². The minimum atomic E-state index is -0.511. The van der Waals surface area contributed by atoms with E-state index in [2.05, 4.69) is 12.2 Å². The van der Waals surface area contributed by atoms with Gasteiger partial charge in [-0.05, 0) is 36.4 Å². The quantitative estimate of drug-likeness (QED) is 0.850. The molecule has 1 aromatic rings. The monoisotopic (exact) mass is 353 g/mol. The second kappa shape index (κ2) is 8.49. The van der Waals surface area contributed by atoms with Crippen molar-refractivity contribution in [3.63, 3.8) is 0 Å². The number of nitrogens with zero attached hydrogens (tertiary/aromatic N) is 1. The number of halogens is 1. The average Bonchev–Trinajstić information content (AvgIpc) is 2.95. The van der Waals surface area contributed by atoms with Gasteiger partial charge in [-0.3, -0.25) is 9.59 Å². The van der Waals surface area contributed by atoms with E-state index in [-0.39, 0.29) is 35.6 Å². The smallest absolute Gasteiger partial charge is 0.251 e. The highest BCUT2D eigenvalue weighted by molar-refractivity contribution is 5.97. The Labute approximate surface area is 150 Å². The zero-order chi connectivity index (χ0) is 17.0. The average molecular weight is 354 g/mol. The van der Waals surface area contributed by atoms with Crippen molar-refractivity contribution in [3.8, 4) is 0 Å². The third-order valence-corrected chi connectivity index (χ3v) is 4.62. The highest BCUT2D eigenvalue weighted by atomic mass is 35.5. The molecule has 0 radical (unpaired) electrons. The Morgan fingerprint density at radius 1 is 1.29 bits per heavy atom. The highest BCUT2D eigenvalue weighted by Gasteiger charge is 2.38. The molecular formula is C18H28ClN3O2. The first-order valence-corrected chi connectivity index (χ1v) is 8.21. The summed E-state index contributed by atoms with van der Waals surface area (Å²) in [5.41, 5.74) is 6.37. The van der Waals surface area contributed by atoms with Crippen LogP contribution in [0.1, 0.15) is 37.6 Å². The molecule has 1 heterocycles. The summed E-state index contributed by atoms with van der Waals surface area (Å²) in [6.45, 7) is 7.94. The molecule has 1 aliphatic rings. The van der Waals surface area contributed by atoms with Gasteiger partial charge in [0.05, 0.1) is 0 Å². The molecule has 3 N–H and O–H groups in total. The zero-order valence-electron chi connectivity index (χ0n) is 14.6. The van der Waals surface area contributed by atoms with Crippen LogP contribution in [0, 0.1) is 11.3 Å². The minimum absolute atomic E-state index is 0. The van der Waals surface area contributed by atoms with E-state index in [1.54, 1.807) is 12.1 Å². The fourth-order valence-electron chi connectivity index (χ4n) is 2.90. The molecule has 1 fully saturated rings. The van der Waals surface area contributed by atoms with Crippen molar-refractivity contribution < 1.29 is 9.59 Å². The van der Waals surface area contributed by atoms with Crippen LogP contribution in [-0.2, 0) is 4.79 Å². The normalized spacial score (nSPS) is 21.3. The second-order valence-corrected chi connectivity index (χ2v) is 7.09. The summed E-state index contributed by atoms with van der Waals surface area (Å²) in [4.78, 5) is 27.0. The number of hydrogen-bond acceptors (Lipinski definition) is 3. The standard InChI is InChI=1S/C18H27N3O2.ClH/c1-13(2)15(20-16(22)14-7-5-4-6-8-14)17(23)21-10-9-18(3,11-19)12-21;/h4-8,13,15H,9-12,19H2,1-3H3,(H,20,22);1H. The van der Waals surface area contributed by atoms with E-state index < -0.39 is 6.04 Å². The number of carbonyl (C=O) groups excluding carboxylic acids is 2. The molecule has 0 bridgehead atoms. The van der Waals surface area contributed by atoms with E-state index in [1.807, 2.05) is 36.9 Å². The lowest BCUT2D eigenvalue weighted by atomic mass is 9.90. The van der Waals surface area contributed by atoms with Crippen molar-refractivity contribution in [1.29, 1.82) is 0 Å². The fraction of sp³-hybridized carbons (Fsp3) is 0.556. The van der Waals surface area contributed by atoms with Crippen LogP contribution in [0.25, 0.3) is 0 Å². The summed E-state index contributed by atoms with van der Waals surface area (Å²) in [5.74, 6) is -0.195. The van der Waals surface area contributed by atoms with Gasteiger partial charge in [-0.1, -0.05) is 39.0 Å².